The zero-order valence-electron chi connectivity index (χ0n) is 17.8. The lowest BCUT2D eigenvalue weighted by molar-refractivity contribution is -0.114. The van der Waals surface area contributed by atoms with E-state index in [0.29, 0.717) is 38.7 Å². The Balaban J connectivity index is 1.66. The normalized spacial score (nSPS) is 11.2. The maximum absolute atomic E-state index is 12.8. The van der Waals surface area contributed by atoms with Gasteiger partial charge in [-0.1, -0.05) is 23.7 Å². The summed E-state index contributed by atoms with van der Waals surface area (Å²) in [6, 6.07) is 20.1. The average molecular weight is 482 g/mol. The minimum atomic E-state index is -3.84. The van der Waals surface area contributed by atoms with Crippen molar-refractivity contribution in [1.29, 1.82) is 0 Å². The number of halogens is 1. The van der Waals surface area contributed by atoms with Crippen molar-refractivity contribution < 1.29 is 17.9 Å². The van der Waals surface area contributed by atoms with Crippen molar-refractivity contribution in [2.24, 2.45) is 0 Å². The molecule has 9 heteroatoms. The number of ether oxygens (including phenoxy) is 1. The molecule has 168 valence electrons. The predicted octanol–water partition coefficient (Wildman–Crippen LogP) is 5.32. The van der Waals surface area contributed by atoms with E-state index in [1.807, 2.05) is 18.2 Å². The summed E-state index contributed by atoms with van der Waals surface area (Å²) >= 11 is 6.11. The molecule has 3 aromatic carbocycles. The summed E-state index contributed by atoms with van der Waals surface area (Å²) in [5.74, 6) is 0.316. The SMILES string of the molecule is COc1cc(-c2cccc(Cl)c2)nc2ccc(NS(=O)(=O)c3ccc(NC(C)=O)cc3)cc12. The number of amides is 1. The van der Waals surface area contributed by atoms with Gasteiger partial charge < -0.3 is 10.1 Å². The molecule has 0 atom stereocenters. The molecule has 0 spiro atoms. The van der Waals surface area contributed by atoms with E-state index in [0.717, 1.165) is 5.56 Å². The number of fused-ring (bicyclic) bond motifs is 1. The number of benzene rings is 3. The second-order valence-electron chi connectivity index (χ2n) is 7.26. The van der Waals surface area contributed by atoms with Crippen molar-refractivity contribution in [3.8, 4) is 17.0 Å². The molecule has 33 heavy (non-hydrogen) atoms. The number of carbonyl (C=O) groups excluding carboxylic acids is 1. The van der Waals surface area contributed by atoms with Gasteiger partial charge in [-0.05, 0) is 54.6 Å². The van der Waals surface area contributed by atoms with Crippen molar-refractivity contribution in [2.45, 2.75) is 11.8 Å². The summed E-state index contributed by atoms with van der Waals surface area (Å²) in [6.07, 6.45) is 0. The zero-order chi connectivity index (χ0) is 23.6. The number of hydrogen-bond acceptors (Lipinski definition) is 5. The summed E-state index contributed by atoms with van der Waals surface area (Å²) in [5, 5.41) is 3.86. The largest absolute Gasteiger partial charge is 0.496 e. The molecule has 1 aromatic heterocycles. The second-order valence-corrected chi connectivity index (χ2v) is 9.38. The lowest BCUT2D eigenvalue weighted by atomic mass is 10.1. The van der Waals surface area contributed by atoms with Gasteiger partial charge in [-0.3, -0.25) is 9.52 Å². The van der Waals surface area contributed by atoms with Crippen LogP contribution in [0.5, 0.6) is 5.75 Å². The van der Waals surface area contributed by atoms with Gasteiger partial charge in [0.1, 0.15) is 5.75 Å². The second kappa shape index (κ2) is 9.09. The van der Waals surface area contributed by atoms with Crippen LogP contribution in [-0.2, 0) is 14.8 Å². The first-order valence-electron chi connectivity index (χ1n) is 9.90. The Morgan fingerprint density at radius 3 is 2.36 bits per heavy atom. The van der Waals surface area contributed by atoms with Gasteiger partial charge in [0.2, 0.25) is 5.91 Å². The Labute approximate surface area is 196 Å². The maximum atomic E-state index is 12.8. The maximum Gasteiger partial charge on any atom is 0.261 e. The van der Waals surface area contributed by atoms with Crippen molar-refractivity contribution in [3.63, 3.8) is 0 Å². The van der Waals surface area contributed by atoms with Crippen LogP contribution in [0.2, 0.25) is 5.02 Å². The fourth-order valence-electron chi connectivity index (χ4n) is 3.36. The van der Waals surface area contributed by atoms with E-state index in [2.05, 4.69) is 15.0 Å². The first kappa shape index (κ1) is 22.6. The van der Waals surface area contributed by atoms with E-state index >= 15 is 0 Å². The lowest BCUT2D eigenvalue weighted by Crippen LogP contribution is -2.13. The summed E-state index contributed by atoms with van der Waals surface area (Å²) in [7, 11) is -2.30. The number of aromatic nitrogens is 1. The average Bonchev–Trinajstić information content (AvgIpc) is 2.78. The molecular formula is C24H20ClN3O4S. The Hall–Kier alpha value is -3.62. The monoisotopic (exact) mass is 481 g/mol. The number of rotatable bonds is 6. The molecule has 0 radical (unpaired) electrons. The van der Waals surface area contributed by atoms with Crippen LogP contribution in [0.25, 0.3) is 22.2 Å². The van der Waals surface area contributed by atoms with E-state index in [1.165, 1.54) is 31.2 Å². The van der Waals surface area contributed by atoms with Crippen LogP contribution in [-0.4, -0.2) is 26.4 Å². The third-order valence-electron chi connectivity index (χ3n) is 4.85. The molecule has 0 aliphatic carbocycles. The fourth-order valence-corrected chi connectivity index (χ4v) is 4.60. The highest BCUT2D eigenvalue weighted by Gasteiger charge is 2.16. The standard InChI is InChI=1S/C24H20ClN3O4S/c1-15(29)26-18-6-9-20(10-7-18)33(30,31)28-19-8-11-22-21(13-19)24(32-2)14-23(27-22)16-4-3-5-17(25)12-16/h3-14,28H,1-2H3,(H,26,29). The Morgan fingerprint density at radius 1 is 0.970 bits per heavy atom. The highest BCUT2D eigenvalue weighted by Crippen LogP contribution is 2.33. The summed E-state index contributed by atoms with van der Waals surface area (Å²) in [6.45, 7) is 1.38. The molecule has 4 rings (SSSR count). The molecule has 1 amide bonds. The van der Waals surface area contributed by atoms with Crippen LogP contribution in [0.1, 0.15) is 6.92 Å². The minimum Gasteiger partial charge on any atom is -0.496 e. The number of sulfonamides is 1. The van der Waals surface area contributed by atoms with Crippen LogP contribution in [0.3, 0.4) is 0 Å². The van der Waals surface area contributed by atoms with E-state index in [-0.39, 0.29) is 10.8 Å². The van der Waals surface area contributed by atoms with Crippen LogP contribution in [0.4, 0.5) is 11.4 Å². The Bertz CT molecular complexity index is 1450. The van der Waals surface area contributed by atoms with Gasteiger partial charge >= 0.3 is 0 Å². The summed E-state index contributed by atoms with van der Waals surface area (Å²) in [4.78, 5) is 15.9. The molecule has 0 aliphatic rings. The van der Waals surface area contributed by atoms with E-state index < -0.39 is 10.0 Å². The number of methoxy groups -OCH3 is 1. The molecule has 1 heterocycles. The first-order valence-corrected chi connectivity index (χ1v) is 11.8. The number of nitrogens with zero attached hydrogens (tertiary/aromatic N) is 1. The van der Waals surface area contributed by atoms with Gasteiger partial charge in [0, 0.05) is 40.3 Å². The number of pyridine rings is 1. The van der Waals surface area contributed by atoms with Crippen LogP contribution in [0, 0.1) is 0 Å². The van der Waals surface area contributed by atoms with Gasteiger partial charge in [0.05, 0.1) is 23.2 Å². The van der Waals surface area contributed by atoms with Crippen LogP contribution in [0.15, 0.2) is 77.7 Å². The third kappa shape index (κ3) is 5.08. The van der Waals surface area contributed by atoms with Crippen molar-refractivity contribution in [1.82, 2.24) is 4.98 Å². The highest BCUT2D eigenvalue weighted by atomic mass is 35.5. The van der Waals surface area contributed by atoms with Gasteiger partial charge in [0.15, 0.2) is 0 Å². The highest BCUT2D eigenvalue weighted by molar-refractivity contribution is 7.92. The molecule has 2 N–H and O–H groups in total. The molecular weight excluding hydrogens is 462 g/mol. The van der Waals surface area contributed by atoms with Gasteiger partial charge in [-0.15, -0.1) is 0 Å². The molecule has 0 fully saturated rings. The molecule has 0 saturated carbocycles. The van der Waals surface area contributed by atoms with Gasteiger partial charge in [0.25, 0.3) is 10.0 Å². The quantitative estimate of drug-likeness (QED) is 0.388. The van der Waals surface area contributed by atoms with E-state index in [9.17, 15) is 13.2 Å². The molecule has 0 unspecified atom stereocenters. The topological polar surface area (TPSA) is 97.4 Å². The first-order chi connectivity index (χ1) is 15.7. The molecule has 4 aromatic rings. The fraction of sp³-hybridized carbons (Fsp3) is 0.0833. The predicted molar refractivity (Wildman–Crippen MR) is 130 cm³/mol. The van der Waals surface area contributed by atoms with Crippen molar-refractivity contribution in [2.75, 3.05) is 17.1 Å². The lowest BCUT2D eigenvalue weighted by Gasteiger charge is -2.12. The van der Waals surface area contributed by atoms with Crippen molar-refractivity contribution in [3.05, 3.63) is 77.8 Å². The number of anilines is 2. The van der Waals surface area contributed by atoms with E-state index in [4.69, 9.17) is 16.3 Å². The van der Waals surface area contributed by atoms with Gasteiger partial charge in [-0.25, -0.2) is 13.4 Å². The summed E-state index contributed by atoms with van der Waals surface area (Å²) < 4.78 is 33.8. The number of carbonyl (C=O) groups is 1. The third-order valence-corrected chi connectivity index (χ3v) is 6.48. The Kier molecular flexibility index (Phi) is 6.22. The smallest absolute Gasteiger partial charge is 0.261 e. The Morgan fingerprint density at radius 2 is 1.70 bits per heavy atom. The van der Waals surface area contributed by atoms with Crippen molar-refractivity contribution >= 4 is 49.8 Å². The number of nitrogens with one attached hydrogen (secondary N) is 2. The van der Waals surface area contributed by atoms with E-state index in [1.54, 1.807) is 37.4 Å². The summed E-state index contributed by atoms with van der Waals surface area (Å²) in [5.41, 5.74) is 3.05. The van der Waals surface area contributed by atoms with Crippen LogP contribution < -0.4 is 14.8 Å². The molecule has 0 saturated heterocycles. The number of hydrogen-bond donors (Lipinski definition) is 2. The van der Waals surface area contributed by atoms with Gasteiger partial charge in [-0.2, -0.15) is 0 Å². The zero-order valence-corrected chi connectivity index (χ0v) is 19.4. The molecule has 7 nitrogen and oxygen atoms in total. The minimum absolute atomic E-state index is 0.0677. The van der Waals surface area contributed by atoms with Crippen LogP contribution >= 0.6 is 11.6 Å². The molecule has 0 aliphatic heterocycles. The molecule has 0 bridgehead atoms.